The number of carbonyl (C=O) groups is 1. The Morgan fingerprint density at radius 1 is 1.56 bits per heavy atom. The van der Waals surface area contributed by atoms with Crippen LogP contribution < -0.4 is 5.32 Å². The molecule has 1 aromatic heterocycles. The van der Waals surface area contributed by atoms with Crippen LogP contribution in [0.5, 0.6) is 0 Å². The highest BCUT2D eigenvalue weighted by Gasteiger charge is 2.36. The van der Waals surface area contributed by atoms with Gasteiger partial charge < -0.3 is 10.1 Å². The maximum atomic E-state index is 11.2. The van der Waals surface area contributed by atoms with E-state index in [9.17, 15) is 4.79 Å². The van der Waals surface area contributed by atoms with Crippen LogP contribution in [-0.4, -0.2) is 29.6 Å². The highest BCUT2D eigenvalue weighted by molar-refractivity contribution is 5.87. The molecule has 1 aliphatic carbocycles. The molecule has 0 aromatic carbocycles. The predicted octanol–water partition coefficient (Wildman–Crippen LogP) is 1.48. The zero-order valence-corrected chi connectivity index (χ0v) is 9.49. The van der Waals surface area contributed by atoms with Crippen LogP contribution in [0.2, 0.25) is 0 Å². The normalized spacial score (nSPS) is 16.6. The van der Waals surface area contributed by atoms with E-state index in [1.54, 1.807) is 6.20 Å². The highest BCUT2D eigenvalue weighted by Crippen LogP contribution is 2.44. The van der Waals surface area contributed by atoms with Gasteiger partial charge in [0.15, 0.2) is 5.69 Å². The molecule has 1 saturated carbocycles. The van der Waals surface area contributed by atoms with Crippen molar-refractivity contribution in [3.05, 3.63) is 18.1 Å². The van der Waals surface area contributed by atoms with E-state index in [1.165, 1.54) is 26.1 Å². The van der Waals surface area contributed by atoms with Gasteiger partial charge >= 0.3 is 5.97 Å². The number of hydrogen-bond acceptors (Lipinski definition) is 5. The SMILES string of the molecule is COC(=O)c1cncc(NCC2(C)CC2)n1. The minimum Gasteiger partial charge on any atom is -0.464 e. The van der Waals surface area contributed by atoms with Crippen LogP contribution in [0.15, 0.2) is 12.4 Å². The van der Waals surface area contributed by atoms with Gasteiger partial charge in [-0.2, -0.15) is 0 Å². The molecular formula is C11H15N3O2. The van der Waals surface area contributed by atoms with E-state index < -0.39 is 5.97 Å². The van der Waals surface area contributed by atoms with Crippen LogP contribution in [0.25, 0.3) is 0 Å². The molecule has 1 heterocycles. The van der Waals surface area contributed by atoms with Crippen LogP contribution in [0.4, 0.5) is 5.82 Å². The lowest BCUT2D eigenvalue weighted by Gasteiger charge is -2.10. The van der Waals surface area contributed by atoms with Gasteiger partial charge in [0, 0.05) is 6.54 Å². The van der Waals surface area contributed by atoms with Gasteiger partial charge in [-0.25, -0.2) is 9.78 Å². The molecule has 1 N–H and O–H groups in total. The first-order valence-corrected chi connectivity index (χ1v) is 5.27. The van der Waals surface area contributed by atoms with Gasteiger partial charge in [0.05, 0.1) is 19.5 Å². The third kappa shape index (κ3) is 2.48. The van der Waals surface area contributed by atoms with E-state index in [-0.39, 0.29) is 5.69 Å². The molecular weight excluding hydrogens is 206 g/mol. The van der Waals surface area contributed by atoms with Crippen molar-refractivity contribution in [1.82, 2.24) is 9.97 Å². The maximum absolute atomic E-state index is 11.2. The van der Waals surface area contributed by atoms with Crippen LogP contribution in [0.3, 0.4) is 0 Å². The third-order valence-electron chi connectivity index (χ3n) is 2.83. The van der Waals surface area contributed by atoms with Crippen LogP contribution in [-0.2, 0) is 4.74 Å². The molecule has 0 bridgehead atoms. The van der Waals surface area contributed by atoms with Gasteiger partial charge in [-0.3, -0.25) is 4.98 Å². The lowest BCUT2D eigenvalue weighted by atomic mass is 10.1. The van der Waals surface area contributed by atoms with E-state index in [1.807, 2.05) is 0 Å². The van der Waals surface area contributed by atoms with Gasteiger partial charge in [-0.1, -0.05) is 6.92 Å². The Morgan fingerprint density at radius 2 is 2.31 bits per heavy atom. The topological polar surface area (TPSA) is 64.1 Å². The molecule has 0 unspecified atom stereocenters. The van der Waals surface area contributed by atoms with Gasteiger partial charge in [0.25, 0.3) is 0 Å². The molecule has 5 nitrogen and oxygen atoms in total. The van der Waals surface area contributed by atoms with Crippen molar-refractivity contribution in [2.45, 2.75) is 19.8 Å². The molecule has 1 aliphatic rings. The summed E-state index contributed by atoms with van der Waals surface area (Å²) in [6, 6.07) is 0. The largest absolute Gasteiger partial charge is 0.464 e. The maximum Gasteiger partial charge on any atom is 0.358 e. The van der Waals surface area contributed by atoms with E-state index in [4.69, 9.17) is 0 Å². The summed E-state index contributed by atoms with van der Waals surface area (Å²) in [7, 11) is 1.33. The molecule has 1 aromatic rings. The fraction of sp³-hybridized carbons (Fsp3) is 0.545. The Hall–Kier alpha value is -1.65. The quantitative estimate of drug-likeness (QED) is 0.780. The molecule has 0 aliphatic heterocycles. The fourth-order valence-corrected chi connectivity index (χ4v) is 1.35. The van der Waals surface area contributed by atoms with Gasteiger partial charge in [0.1, 0.15) is 5.82 Å². The minimum absolute atomic E-state index is 0.230. The Morgan fingerprint density at radius 3 is 2.94 bits per heavy atom. The molecule has 1 fully saturated rings. The molecule has 0 spiro atoms. The van der Waals surface area contributed by atoms with Gasteiger partial charge in [-0.15, -0.1) is 0 Å². The van der Waals surface area contributed by atoms with Crippen molar-refractivity contribution >= 4 is 11.8 Å². The second-order valence-corrected chi connectivity index (χ2v) is 4.45. The third-order valence-corrected chi connectivity index (χ3v) is 2.83. The number of esters is 1. The summed E-state index contributed by atoms with van der Waals surface area (Å²) < 4.78 is 4.58. The number of hydrogen-bond donors (Lipinski definition) is 1. The van der Waals surface area contributed by atoms with E-state index in [2.05, 4.69) is 26.9 Å². The highest BCUT2D eigenvalue weighted by atomic mass is 16.5. The van der Waals surface area contributed by atoms with Crippen molar-refractivity contribution in [1.29, 1.82) is 0 Å². The number of aromatic nitrogens is 2. The number of rotatable bonds is 4. The number of carbonyl (C=O) groups excluding carboxylic acids is 1. The average molecular weight is 221 g/mol. The number of nitrogens with zero attached hydrogens (tertiary/aromatic N) is 2. The minimum atomic E-state index is -0.464. The van der Waals surface area contributed by atoms with Crippen LogP contribution in [0, 0.1) is 5.41 Å². The molecule has 16 heavy (non-hydrogen) atoms. The molecule has 0 atom stereocenters. The number of methoxy groups -OCH3 is 1. The Labute approximate surface area is 94.2 Å². The van der Waals surface area contributed by atoms with E-state index in [0.717, 1.165) is 6.54 Å². The average Bonchev–Trinajstić information content (AvgIpc) is 3.05. The second kappa shape index (κ2) is 4.08. The fourth-order valence-electron chi connectivity index (χ4n) is 1.35. The second-order valence-electron chi connectivity index (χ2n) is 4.45. The van der Waals surface area contributed by atoms with Crippen molar-refractivity contribution < 1.29 is 9.53 Å². The van der Waals surface area contributed by atoms with Gasteiger partial charge in [-0.05, 0) is 18.3 Å². The van der Waals surface area contributed by atoms with E-state index >= 15 is 0 Å². The van der Waals surface area contributed by atoms with Crippen molar-refractivity contribution in [3.8, 4) is 0 Å². The zero-order valence-electron chi connectivity index (χ0n) is 9.49. The van der Waals surface area contributed by atoms with Crippen molar-refractivity contribution in [2.24, 2.45) is 5.41 Å². The summed E-state index contributed by atoms with van der Waals surface area (Å²) in [5, 5.41) is 3.19. The Bertz CT molecular complexity index is 402. The molecule has 0 saturated heterocycles. The summed E-state index contributed by atoms with van der Waals surface area (Å²) in [6.07, 6.45) is 5.49. The molecule has 2 rings (SSSR count). The zero-order chi connectivity index (χ0) is 11.6. The Kier molecular flexibility index (Phi) is 2.77. The lowest BCUT2D eigenvalue weighted by molar-refractivity contribution is 0.0593. The van der Waals surface area contributed by atoms with E-state index in [0.29, 0.717) is 11.2 Å². The van der Waals surface area contributed by atoms with Crippen molar-refractivity contribution in [2.75, 3.05) is 19.0 Å². The monoisotopic (exact) mass is 221 g/mol. The molecule has 0 amide bonds. The van der Waals surface area contributed by atoms with Crippen molar-refractivity contribution in [3.63, 3.8) is 0 Å². The molecule has 86 valence electrons. The summed E-state index contributed by atoms with van der Waals surface area (Å²) in [5.41, 5.74) is 0.622. The Balaban J connectivity index is 2.01. The lowest BCUT2D eigenvalue weighted by Crippen LogP contribution is -2.14. The smallest absolute Gasteiger partial charge is 0.358 e. The predicted molar refractivity (Wildman–Crippen MR) is 59.2 cm³/mol. The number of ether oxygens (including phenoxy) is 1. The summed E-state index contributed by atoms with van der Waals surface area (Å²) in [5.74, 6) is 0.157. The van der Waals surface area contributed by atoms with Gasteiger partial charge in [0.2, 0.25) is 0 Å². The molecule has 0 radical (unpaired) electrons. The first-order valence-electron chi connectivity index (χ1n) is 5.27. The molecule has 5 heteroatoms. The number of nitrogens with one attached hydrogen (secondary N) is 1. The van der Waals surface area contributed by atoms with Crippen LogP contribution in [0.1, 0.15) is 30.3 Å². The first kappa shape index (κ1) is 10.9. The first-order chi connectivity index (χ1) is 7.63. The summed E-state index contributed by atoms with van der Waals surface area (Å²) in [4.78, 5) is 19.3. The summed E-state index contributed by atoms with van der Waals surface area (Å²) >= 11 is 0. The standard InChI is InChI=1S/C11H15N3O2/c1-11(3-4-11)7-13-9-6-12-5-8(14-9)10(15)16-2/h5-6H,3-4,7H2,1-2H3,(H,13,14). The summed E-state index contributed by atoms with van der Waals surface area (Å²) in [6.45, 7) is 3.09. The van der Waals surface area contributed by atoms with Crippen LogP contribution >= 0.6 is 0 Å². The number of anilines is 1.